The van der Waals surface area contributed by atoms with Gasteiger partial charge >= 0.3 is 11.7 Å². The van der Waals surface area contributed by atoms with E-state index in [0.29, 0.717) is 27.4 Å². The van der Waals surface area contributed by atoms with Crippen molar-refractivity contribution in [2.24, 2.45) is 0 Å². The number of methoxy groups -OCH3 is 1. The number of aldehydes is 1. The van der Waals surface area contributed by atoms with Crippen LogP contribution < -0.4 is 5.69 Å². The third-order valence-electron chi connectivity index (χ3n) is 6.06. The van der Waals surface area contributed by atoms with Crippen LogP contribution in [0.15, 0.2) is 71.5 Å². The van der Waals surface area contributed by atoms with Crippen molar-refractivity contribution in [1.29, 1.82) is 0 Å². The normalized spacial score (nSPS) is 14.3. The summed E-state index contributed by atoms with van der Waals surface area (Å²) in [5, 5.41) is 0.519. The Morgan fingerprint density at radius 1 is 1.03 bits per heavy atom. The number of fused-ring (bicyclic) bond motifs is 1. The van der Waals surface area contributed by atoms with Crippen molar-refractivity contribution in [2.75, 3.05) is 7.11 Å². The lowest BCUT2D eigenvalue weighted by molar-refractivity contribution is 0.0600. The van der Waals surface area contributed by atoms with Crippen molar-refractivity contribution in [3.05, 3.63) is 98.9 Å². The molecule has 1 aromatic heterocycles. The van der Waals surface area contributed by atoms with Gasteiger partial charge in [-0.25, -0.2) is 9.59 Å². The van der Waals surface area contributed by atoms with E-state index in [2.05, 4.69) is 0 Å². The summed E-state index contributed by atoms with van der Waals surface area (Å²) in [5.74, 6) is -0.417. The molecule has 0 amide bonds. The Hall–Kier alpha value is -3.64. The van der Waals surface area contributed by atoms with E-state index in [1.165, 1.54) is 7.11 Å². The van der Waals surface area contributed by atoms with E-state index in [9.17, 15) is 14.4 Å². The summed E-state index contributed by atoms with van der Waals surface area (Å²) >= 11 is 6.28. The molecule has 1 saturated carbocycles. The van der Waals surface area contributed by atoms with Crippen LogP contribution in [0.2, 0.25) is 5.02 Å². The van der Waals surface area contributed by atoms with Crippen LogP contribution in [0, 0.1) is 0 Å². The average Bonchev–Trinajstić information content (AvgIpc) is 3.57. The zero-order valence-corrected chi connectivity index (χ0v) is 18.0. The standard InChI is InChI=1S/C25H19ClN2O4/c1-32-23(30)17-3-2-4-18(13-17)25(11-12-25)28-21-10-7-19(26)14-22(21)27(24(28)31)20-8-5-16(15-29)6-9-20/h2-10,13-15H,11-12H2,1H3. The van der Waals surface area contributed by atoms with Crippen molar-refractivity contribution < 1.29 is 14.3 Å². The van der Waals surface area contributed by atoms with Gasteiger partial charge in [-0.2, -0.15) is 0 Å². The first kappa shape index (κ1) is 20.3. The summed E-state index contributed by atoms with van der Waals surface area (Å²) in [6, 6.07) is 19.5. The number of benzene rings is 3. The smallest absolute Gasteiger partial charge is 0.337 e. The van der Waals surface area contributed by atoms with E-state index in [4.69, 9.17) is 16.3 Å². The zero-order valence-electron chi connectivity index (χ0n) is 17.2. The zero-order chi connectivity index (χ0) is 22.5. The number of hydrogen-bond donors (Lipinski definition) is 0. The second-order valence-electron chi connectivity index (χ2n) is 7.90. The van der Waals surface area contributed by atoms with Gasteiger partial charge in [0.25, 0.3) is 0 Å². The van der Waals surface area contributed by atoms with Crippen LogP contribution in [0.25, 0.3) is 16.7 Å². The molecule has 0 aliphatic heterocycles. The van der Waals surface area contributed by atoms with Gasteiger partial charge in [-0.15, -0.1) is 0 Å². The molecule has 0 radical (unpaired) electrons. The quantitative estimate of drug-likeness (QED) is 0.332. The maximum Gasteiger partial charge on any atom is 0.337 e. The minimum absolute atomic E-state index is 0.206. The first-order valence-electron chi connectivity index (χ1n) is 10.2. The van der Waals surface area contributed by atoms with Gasteiger partial charge in [0.15, 0.2) is 0 Å². The molecule has 0 unspecified atom stereocenters. The molecule has 1 fully saturated rings. The van der Waals surface area contributed by atoms with Gasteiger partial charge in [0.2, 0.25) is 0 Å². The molecule has 1 aliphatic carbocycles. The van der Waals surface area contributed by atoms with Crippen LogP contribution >= 0.6 is 11.6 Å². The summed E-state index contributed by atoms with van der Waals surface area (Å²) in [7, 11) is 1.35. The molecule has 0 spiro atoms. The minimum Gasteiger partial charge on any atom is -0.465 e. The molecular weight excluding hydrogens is 428 g/mol. The maximum atomic E-state index is 13.8. The van der Waals surface area contributed by atoms with Crippen LogP contribution in [0.3, 0.4) is 0 Å². The van der Waals surface area contributed by atoms with Gasteiger partial charge in [0.1, 0.15) is 6.29 Å². The Kier molecular flexibility index (Phi) is 4.75. The first-order chi connectivity index (χ1) is 15.5. The molecule has 0 N–H and O–H groups in total. The molecule has 32 heavy (non-hydrogen) atoms. The van der Waals surface area contributed by atoms with Crippen molar-refractivity contribution in [1.82, 2.24) is 9.13 Å². The van der Waals surface area contributed by atoms with Gasteiger partial charge in [0.05, 0.1) is 34.9 Å². The van der Waals surface area contributed by atoms with Crippen LogP contribution in [0.1, 0.15) is 39.1 Å². The highest BCUT2D eigenvalue weighted by atomic mass is 35.5. The molecule has 6 nitrogen and oxygen atoms in total. The summed E-state index contributed by atoms with van der Waals surface area (Å²) in [6.07, 6.45) is 2.30. The van der Waals surface area contributed by atoms with Gasteiger partial charge in [-0.1, -0.05) is 23.7 Å². The highest BCUT2D eigenvalue weighted by Crippen LogP contribution is 2.50. The average molecular weight is 447 g/mol. The lowest BCUT2D eigenvalue weighted by Crippen LogP contribution is -2.32. The molecule has 3 aromatic carbocycles. The Bertz CT molecular complexity index is 1430. The number of aromatic nitrogens is 2. The lowest BCUT2D eigenvalue weighted by atomic mass is 10.0. The molecule has 1 aliphatic rings. The highest BCUT2D eigenvalue weighted by Gasteiger charge is 2.49. The van der Waals surface area contributed by atoms with Gasteiger partial charge in [0, 0.05) is 10.6 Å². The third kappa shape index (κ3) is 3.07. The maximum absolute atomic E-state index is 13.8. The molecule has 0 saturated heterocycles. The molecule has 7 heteroatoms. The number of rotatable bonds is 5. The number of carbonyl (C=O) groups excluding carboxylic acids is 2. The van der Waals surface area contributed by atoms with Crippen molar-refractivity contribution in [3.63, 3.8) is 0 Å². The van der Waals surface area contributed by atoms with Crippen LogP contribution in [-0.2, 0) is 10.3 Å². The second kappa shape index (κ2) is 7.50. The van der Waals surface area contributed by atoms with Gasteiger partial charge < -0.3 is 4.74 Å². The molecule has 0 bridgehead atoms. The van der Waals surface area contributed by atoms with Gasteiger partial charge in [-0.3, -0.25) is 13.9 Å². The molecule has 4 aromatic rings. The van der Waals surface area contributed by atoms with Crippen molar-refractivity contribution >= 4 is 34.9 Å². The monoisotopic (exact) mass is 446 g/mol. The van der Waals surface area contributed by atoms with E-state index < -0.39 is 11.5 Å². The second-order valence-corrected chi connectivity index (χ2v) is 8.34. The van der Waals surface area contributed by atoms with E-state index in [1.807, 2.05) is 12.1 Å². The van der Waals surface area contributed by atoms with E-state index in [-0.39, 0.29) is 5.69 Å². The Morgan fingerprint density at radius 2 is 1.78 bits per heavy atom. The third-order valence-corrected chi connectivity index (χ3v) is 6.30. The fourth-order valence-corrected chi connectivity index (χ4v) is 4.52. The molecule has 160 valence electrons. The van der Waals surface area contributed by atoms with E-state index in [0.717, 1.165) is 30.2 Å². The van der Waals surface area contributed by atoms with E-state index in [1.54, 1.807) is 63.7 Å². The molecule has 1 heterocycles. The first-order valence-corrected chi connectivity index (χ1v) is 10.5. The number of hydrogen-bond acceptors (Lipinski definition) is 4. The predicted octanol–water partition coefficient (Wildman–Crippen LogP) is 4.58. The van der Waals surface area contributed by atoms with Crippen LogP contribution in [0.5, 0.6) is 0 Å². The Balaban J connectivity index is 1.75. The van der Waals surface area contributed by atoms with Crippen LogP contribution in [0.4, 0.5) is 0 Å². The fourth-order valence-electron chi connectivity index (χ4n) is 4.35. The summed E-state index contributed by atoms with van der Waals surface area (Å²) in [5.41, 5.74) is 3.17. The lowest BCUT2D eigenvalue weighted by Gasteiger charge is -2.19. The number of ether oxygens (including phenoxy) is 1. The largest absolute Gasteiger partial charge is 0.465 e. The van der Waals surface area contributed by atoms with Crippen molar-refractivity contribution in [2.45, 2.75) is 18.4 Å². The summed E-state index contributed by atoms with van der Waals surface area (Å²) in [6.45, 7) is 0. The topological polar surface area (TPSA) is 70.3 Å². The number of nitrogens with zero attached hydrogens (tertiary/aromatic N) is 2. The molecule has 0 atom stereocenters. The molecular formula is C25H19ClN2O4. The van der Waals surface area contributed by atoms with Crippen LogP contribution in [-0.4, -0.2) is 28.5 Å². The highest BCUT2D eigenvalue weighted by molar-refractivity contribution is 6.31. The van der Waals surface area contributed by atoms with E-state index >= 15 is 0 Å². The number of esters is 1. The SMILES string of the molecule is COC(=O)c1cccc(C2(n3c(=O)n(-c4ccc(C=O)cc4)c4cc(Cl)ccc43)CC2)c1. The number of halogens is 1. The van der Waals surface area contributed by atoms with Gasteiger partial charge in [-0.05, 0) is 73.0 Å². The number of imidazole rings is 1. The summed E-state index contributed by atoms with van der Waals surface area (Å²) in [4.78, 5) is 36.9. The summed E-state index contributed by atoms with van der Waals surface area (Å²) < 4.78 is 8.27. The Morgan fingerprint density at radius 3 is 2.44 bits per heavy atom. The number of carbonyl (C=O) groups is 2. The predicted molar refractivity (Wildman–Crippen MR) is 122 cm³/mol. The Labute approximate surface area is 188 Å². The minimum atomic E-state index is -0.554. The fraction of sp³-hybridized carbons (Fsp3) is 0.160. The molecule has 5 rings (SSSR count). The van der Waals surface area contributed by atoms with Crippen molar-refractivity contribution in [3.8, 4) is 5.69 Å².